The molecule has 4 heterocycles. The summed E-state index contributed by atoms with van der Waals surface area (Å²) in [6.45, 7) is 3.66. The van der Waals surface area contributed by atoms with Crippen LogP contribution in [0, 0.1) is 0 Å². The minimum absolute atomic E-state index is 0.00605. The molecular weight excluding hydrogens is 536 g/mol. The number of aromatic carboxylic acids is 1. The maximum Gasteiger partial charge on any atom is 0.338 e. The van der Waals surface area contributed by atoms with Gasteiger partial charge < -0.3 is 28.5 Å². The number of benzene rings is 2. The Morgan fingerprint density at radius 3 is 2.75 bits per heavy atom. The third kappa shape index (κ3) is 4.30. The van der Waals surface area contributed by atoms with Crippen LogP contribution in [0.2, 0.25) is 0 Å². The summed E-state index contributed by atoms with van der Waals surface area (Å²) in [6, 6.07) is 14.1. The van der Waals surface area contributed by atoms with Gasteiger partial charge in [-0.1, -0.05) is 41.7 Å². The maximum absolute atomic E-state index is 13.8. The number of esters is 1. The second-order valence-electron chi connectivity index (χ2n) is 8.95. The lowest BCUT2D eigenvalue weighted by Crippen LogP contribution is -2.39. The molecule has 0 spiro atoms. The van der Waals surface area contributed by atoms with Gasteiger partial charge in [-0.3, -0.25) is 9.36 Å². The number of carboxylic acid groups (broad SMARTS) is 1. The van der Waals surface area contributed by atoms with Gasteiger partial charge in [0.2, 0.25) is 6.79 Å². The van der Waals surface area contributed by atoms with Gasteiger partial charge in [0.15, 0.2) is 16.3 Å². The van der Waals surface area contributed by atoms with E-state index in [0.29, 0.717) is 49.2 Å². The average molecular weight is 558 g/mol. The van der Waals surface area contributed by atoms with Crippen molar-refractivity contribution in [1.29, 1.82) is 0 Å². The van der Waals surface area contributed by atoms with Gasteiger partial charge >= 0.3 is 5.97 Å². The number of thiazole rings is 1. The van der Waals surface area contributed by atoms with E-state index in [1.807, 2.05) is 0 Å². The third-order valence-corrected chi connectivity index (χ3v) is 7.52. The highest BCUT2D eigenvalue weighted by molar-refractivity contribution is 7.07. The fourth-order valence-corrected chi connectivity index (χ4v) is 5.80. The lowest BCUT2D eigenvalue weighted by molar-refractivity contribution is -0.255. The van der Waals surface area contributed by atoms with Crippen LogP contribution in [-0.2, 0) is 9.53 Å². The molecule has 2 aliphatic rings. The van der Waals surface area contributed by atoms with E-state index < -0.39 is 18.0 Å². The molecule has 40 heavy (non-hydrogen) atoms. The standard InChI is InChI=1S/C29H22N2O8S/c1-3-36-28(35)24-15(2)30-29-31(25(24)16-8-10-21-22(12-16)38-14-37-21)26(32)23(40-29)13-17-9-11-20(39-17)18-6-4-5-7-19(18)27(33)34/h4-13,25H,3,14H2,1-2H3,(H,33,34)/p-1/b23-13+/t25-/m1/s1. The predicted molar refractivity (Wildman–Crippen MR) is 141 cm³/mol. The monoisotopic (exact) mass is 557 g/mol. The van der Waals surface area contributed by atoms with Crippen molar-refractivity contribution in [1.82, 2.24) is 4.57 Å². The fourth-order valence-electron chi connectivity index (χ4n) is 4.77. The van der Waals surface area contributed by atoms with Gasteiger partial charge in [-0.15, -0.1) is 0 Å². The van der Waals surface area contributed by atoms with Crippen LogP contribution in [0.5, 0.6) is 11.5 Å². The summed E-state index contributed by atoms with van der Waals surface area (Å²) in [6.07, 6.45) is 1.56. The number of carboxylic acids is 1. The first-order chi connectivity index (χ1) is 19.4. The van der Waals surface area contributed by atoms with E-state index in [2.05, 4.69) is 4.99 Å². The van der Waals surface area contributed by atoms with E-state index in [9.17, 15) is 19.5 Å². The number of ether oxygens (including phenoxy) is 3. The summed E-state index contributed by atoms with van der Waals surface area (Å²) >= 11 is 1.15. The van der Waals surface area contributed by atoms with Crippen molar-refractivity contribution in [2.75, 3.05) is 13.4 Å². The van der Waals surface area contributed by atoms with Crippen LogP contribution in [0.15, 0.2) is 80.1 Å². The number of aromatic nitrogens is 1. The van der Waals surface area contributed by atoms with Gasteiger partial charge in [-0.05, 0) is 43.7 Å². The minimum Gasteiger partial charge on any atom is -0.545 e. The smallest absolute Gasteiger partial charge is 0.338 e. The Morgan fingerprint density at radius 2 is 1.95 bits per heavy atom. The first-order valence-corrected chi connectivity index (χ1v) is 13.2. The number of hydrogen-bond donors (Lipinski definition) is 0. The zero-order chi connectivity index (χ0) is 28.0. The van der Waals surface area contributed by atoms with Crippen molar-refractivity contribution in [2.45, 2.75) is 19.9 Å². The van der Waals surface area contributed by atoms with Crippen molar-refractivity contribution in [2.24, 2.45) is 4.99 Å². The topological polar surface area (TPSA) is 132 Å². The number of rotatable bonds is 6. The summed E-state index contributed by atoms with van der Waals surface area (Å²) < 4.78 is 24.0. The Labute approximate surface area is 230 Å². The average Bonchev–Trinajstić information content (AvgIpc) is 3.67. The van der Waals surface area contributed by atoms with E-state index >= 15 is 0 Å². The van der Waals surface area contributed by atoms with Crippen molar-refractivity contribution in [3.05, 3.63) is 102 Å². The van der Waals surface area contributed by atoms with E-state index in [1.165, 1.54) is 10.6 Å². The second kappa shape index (κ2) is 10.0. The summed E-state index contributed by atoms with van der Waals surface area (Å²) in [7, 11) is 0. The Hall–Kier alpha value is -4.90. The maximum atomic E-state index is 13.8. The van der Waals surface area contributed by atoms with Gasteiger partial charge in [-0.2, -0.15) is 0 Å². The Morgan fingerprint density at radius 1 is 1.15 bits per heavy atom. The third-order valence-electron chi connectivity index (χ3n) is 6.54. The normalized spacial score (nSPS) is 16.1. The summed E-state index contributed by atoms with van der Waals surface area (Å²) in [5.41, 5.74) is 1.30. The number of furan rings is 1. The van der Waals surface area contributed by atoms with Crippen LogP contribution in [0.3, 0.4) is 0 Å². The molecule has 6 rings (SSSR count). The number of nitrogens with zero attached hydrogens (tertiary/aromatic N) is 2. The summed E-state index contributed by atoms with van der Waals surface area (Å²) in [4.78, 5) is 43.4. The number of carbonyl (C=O) groups excluding carboxylic acids is 2. The highest BCUT2D eigenvalue weighted by atomic mass is 32.1. The number of hydrogen-bond acceptors (Lipinski definition) is 10. The Balaban J connectivity index is 1.48. The highest BCUT2D eigenvalue weighted by Gasteiger charge is 2.34. The zero-order valence-electron chi connectivity index (χ0n) is 21.3. The van der Waals surface area contributed by atoms with E-state index in [1.54, 1.807) is 68.5 Å². The van der Waals surface area contributed by atoms with Crippen LogP contribution in [0.25, 0.3) is 17.4 Å². The molecule has 0 saturated heterocycles. The first-order valence-electron chi connectivity index (χ1n) is 12.4. The summed E-state index contributed by atoms with van der Waals surface area (Å²) in [5, 5.41) is 11.5. The SMILES string of the molecule is CCOC(=O)C1=C(C)N=c2s/c(=C/c3ccc(-c4ccccc4C(=O)[O-])o3)c(=O)n2[C@@H]1c1ccc2c(c1)OCO2. The fraction of sp³-hybridized carbons (Fsp3) is 0.172. The predicted octanol–water partition coefficient (Wildman–Crippen LogP) is 2.15. The first kappa shape index (κ1) is 25.4. The Bertz CT molecular complexity index is 1890. The van der Waals surface area contributed by atoms with Crippen molar-refractivity contribution in [3.8, 4) is 22.8 Å². The van der Waals surface area contributed by atoms with Gasteiger partial charge in [0.25, 0.3) is 5.56 Å². The largest absolute Gasteiger partial charge is 0.545 e. The molecule has 202 valence electrons. The molecule has 4 aromatic rings. The molecule has 0 amide bonds. The van der Waals surface area contributed by atoms with Crippen molar-refractivity contribution >= 4 is 29.4 Å². The Kier molecular flexibility index (Phi) is 6.35. The lowest BCUT2D eigenvalue weighted by Gasteiger charge is -2.24. The number of fused-ring (bicyclic) bond motifs is 2. The quantitative estimate of drug-likeness (QED) is 0.330. The molecule has 0 unspecified atom stereocenters. The molecular formula is C29H21N2O8S-. The van der Waals surface area contributed by atoms with E-state index in [0.717, 1.165) is 11.3 Å². The van der Waals surface area contributed by atoms with E-state index in [4.69, 9.17) is 18.6 Å². The molecule has 0 bridgehead atoms. The molecule has 0 N–H and O–H groups in total. The van der Waals surface area contributed by atoms with Crippen LogP contribution in [0.1, 0.15) is 41.6 Å². The van der Waals surface area contributed by atoms with Gasteiger partial charge in [-0.25, -0.2) is 9.79 Å². The van der Waals surface area contributed by atoms with Gasteiger partial charge in [0, 0.05) is 17.2 Å². The molecule has 2 aliphatic heterocycles. The second-order valence-corrected chi connectivity index (χ2v) is 9.96. The molecule has 11 heteroatoms. The summed E-state index contributed by atoms with van der Waals surface area (Å²) in [5.74, 6) is -0.145. The number of carbonyl (C=O) groups is 2. The lowest BCUT2D eigenvalue weighted by atomic mass is 9.95. The van der Waals surface area contributed by atoms with Crippen LogP contribution >= 0.6 is 11.3 Å². The van der Waals surface area contributed by atoms with Crippen LogP contribution in [-0.4, -0.2) is 29.9 Å². The van der Waals surface area contributed by atoms with Crippen molar-refractivity contribution in [3.63, 3.8) is 0 Å². The highest BCUT2D eigenvalue weighted by Crippen LogP contribution is 2.38. The van der Waals surface area contributed by atoms with Gasteiger partial charge in [0.05, 0.1) is 34.4 Å². The zero-order valence-corrected chi connectivity index (χ0v) is 22.2. The van der Waals surface area contributed by atoms with Crippen LogP contribution in [0.4, 0.5) is 0 Å². The van der Waals surface area contributed by atoms with Crippen molar-refractivity contribution < 1.29 is 33.3 Å². The number of allylic oxidation sites excluding steroid dienone is 1. The molecule has 0 aliphatic carbocycles. The molecule has 1 atom stereocenters. The van der Waals surface area contributed by atoms with Crippen LogP contribution < -0.4 is 29.5 Å². The molecule has 0 radical (unpaired) electrons. The molecule has 10 nitrogen and oxygen atoms in total. The molecule has 0 saturated carbocycles. The molecule has 2 aromatic carbocycles. The molecule has 0 fully saturated rings. The minimum atomic E-state index is -1.32. The van der Waals surface area contributed by atoms with E-state index in [-0.39, 0.29) is 30.1 Å². The van der Waals surface area contributed by atoms with Gasteiger partial charge in [0.1, 0.15) is 11.5 Å². The molecule has 2 aromatic heterocycles.